The van der Waals surface area contributed by atoms with Crippen LogP contribution in [0.1, 0.15) is 41.7 Å². The Morgan fingerprint density at radius 3 is 2.78 bits per heavy atom. The van der Waals surface area contributed by atoms with Crippen LogP contribution in [0.3, 0.4) is 0 Å². The highest BCUT2D eigenvalue weighted by atomic mass is 16.5. The number of imidazole rings is 1. The van der Waals surface area contributed by atoms with Crippen molar-refractivity contribution >= 4 is 0 Å². The van der Waals surface area contributed by atoms with Gasteiger partial charge in [0.2, 0.25) is 0 Å². The lowest BCUT2D eigenvalue weighted by atomic mass is 10.1. The van der Waals surface area contributed by atoms with E-state index in [1.807, 2.05) is 6.07 Å². The van der Waals surface area contributed by atoms with Crippen LogP contribution in [0.4, 0.5) is 0 Å². The number of ether oxygens (including phenoxy) is 1. The molecule has 4 nitrogen and oxygen atoms in total. The van der Waals surface area contributed by atoms with Gasteiger partial charge >= 0.3 is 0 Å². The molecule has 2 heterocycles. The van der Waals surface area contributed by atoms with Crippen LogP contribution in [0.2, 0.25) is 0 Å². The number of nitrogens with zero attached hydrogens (tertiary/aromatic N) is 3. The first-order valence-electron chi connectivity index (χ1n) is 8.51. The van der Waals surface area contributed by atoms with E-state index in [0.717, 1.165) is 43.9 Å². The smallest absolute Gasteiger partial charge is 0.138 e. The third-order valence-electron chi connectivity index (χ3n) is 4.53. The molecule has 1 aliphatic heterocycles. The molecule has 3 rings (SSSR count). The van der Waals surface area contributed by atoms with E-state index < -0.39 is 0 Å². The van der Waals surface area contributed by atoms with Crippen molar-refractivity contribution in [2.24, 2.45) is 0 Å². The fourth-order valence-electron chi connectivity index (χ4n) is 3.26. The molecule has 0 spiro atoms. The van der Waals surface area contributed by atoms with E-state index in [1.54, 1.807) is 0 Å². The third kappa shape index (κ3) is 3.82. The quantitative estimate of drug-likeness (QED) is 0.819. The second-order valence-corrected chi connectivity index (χ2v) is 6.63. The summed E-state index contributed by atoms with van der Waals surface area (Å²) in [7, 11) is 4.24. The van der Waals surface area contributed by atoms with Gasteiger partial charge in [-0.15, -0.1) is 0 Å². The minimum absolute atomic E-state index is 0.121. The van der Waals surface area contributed by atoms with Crippen molar-refractivity contribution in [1.82, 2.24) is 14.5 Å². The van der Waals surface area contributed by atoms with Crippen LogP contribution in [-0.4, -0.2) is 35.1 Å². The highest BCUT2D eigenvalue weighted by Gasteiger charge is 2.26. The molecule has 4 heteroatoms. The second kappa shape index (κ2) is 7.28. The van der Waals surface area contributed by atoms with Crippen LogP contribution in [0, 0.1) is 6.92 Å². The molecule has 1 aromatic carbocycles. The number of aryl methyl sites for hydroxylation is 1. The van der Waals surface area contributed by atoms with E-state index in [4.69, 9.17) is 9.72 Å². The Kier molecular flexibility index (Phi) is 5.13. The lowest BCUT2D eigenvalue weighted by Crippen LogP contribution is -2.22. The molecule has 1 aromatic heterocycles. The van der Waals surface area contributed by atoms with E-state index in [9.17, 15) is 0 Å². The summed E-state index contributed by atoms with van der Waals surface area (Å²) in [5, 5.41) is 0. The zero-order valence-electron chi connectivity index (χ0n) is 14.5. The van der Waals surface area contributed by atoms with Gasteiger partial charge in [-0.2, -0.15) is 0 Å². The topological polar surface area (TPSA) is 30.3 Å². The fourth-order valence-corrected chi connectivity index (χ4v) is 3.26. The number of hydrogen-bond donors (Lipinski definition) is 0. The molecule has 0 aliphatic carbocycles. The predicted octanol–water partition coefficient (Wildman–Crippen LogP) is 3.35. The highest BCUT2D eigenvalue weighted by Crippen LogP contribution is 2.31. The first-order valence-corrected chi connectivity index (χ1v) is 8.51. The van der Waals surface area contributed by atoms with Gasteiger partial charge in [0.25, 0.3) is 0 Å². The minimum Gasteiger partial charge on any atom is -0.366 e. The Balaban J connectivity index is 1.73. The molecule has 23 heavy (non-hydrogen) atoms. The predicted molar refractivity (Wildman–Crippen MR) is 92.4 cm³/mol. The Morgan fingerprint density at radius 2 is 2.04 bits per heavy atom. The highest BCUT2D eigenvalue weighted by molar-refractivity contribution is 5.19. The Bertz CT molecular complexity index is 634. The molecule has 0 amide bonds. The van der Waals surface area contributed by atoms with Crippen molar-refractivity contribution in [2.75, 3.05) is 20.6 Å². The Labute approximate surface area is 139 Å². The van der Waals surface area contributed by atoms with Crippen molar-refractivity contribution in [3.05, 3.63) is 53.1 Å². The van der Waals surface area contributed by atoms with Gasteiger partial charge in [-0.3, -0.25) is 0 Å². The minimum atomic E-state index is 0.121. The van der Waals surface area contributed by atoms with Gasteiger partial charge in [0.1, 0.15) is 11.9 Å². The maximum atomic E-state index is 6.20. The molecule has 0 radical (unpaired) electrons. The normalized spacial score (nSPS) is 17.5. The average Bonchev–Trinajstić information content (AvgIpc) is 2.88. The maximum Gasteiger partial charge on any atom is 0.138 e. The van der Waals surface area contributed by atoms with E-state index >= 15 is 0 Å². The Hall–Kier alpha value is -1.65. The number of rotatable bonds is 6. The van der Waals surface area contributed by atoms with Crippen molar-refractivity contribution in [1.29, 1.82) is 0 Å². The SMILES string of the molecule is Cc1nc2n(c1CCN(C)C)CCCC2OCc1ccccc1. The summed E-state index contributed by atoms with van der Waals surface area (Å²) < 4.78 is 8.60. The van der Waals surface area contributed by atoms with Crippen molar-refractivity contribution in [2.45, 2.75) is 45.4 Å². The number of hydrogen-bond acceptors (Lipinski definition) is 3. The van der Waals surface area contributed by atoms with Crippen molar-refractivity contribution < 1.29 is 4.74 Å². The number of likely N-dealkylation sites (N-methyl/N-ethyl adjacent to an activating group) is 1. The number of benzene rings is 1. The van der Waals surface area contributed by atoms with Crippen LogP contribution in [0.25, 0.3) is 0 Å². The number of fused-ring (bicyclic) bond motifs is 1. The van der Waals surface area contributed by atoms with Crippen LogP contribution < -0.4 is 0 Å². The third-order valence-corrected chi connectivity index (χ3v) is 4.53. The standard InChI is InChI=1S/C19H27N3O/c1-15-17(11-13-21(2)3)22-12-7-10-18(19(22)20-15)23-14-16-8-5-4-6-9-16/h4-6,8-9,18H,7,10-14H2,1-3H3. The van der Waals surface area contributed by atoms with Crippen LogP contribution in [0.5, 0.6) is 0 Å². The lowest BCUT2D eigenvalue weighted by Gasteiger charge is -2.25. The lowest BCUT2D eigenvalue weighted by molar-refractivity contribution is 0.0158. The molecule has 124 valence electrons. The second-order valence-electron chi connectivity index (χ2n) is 6.63. The summed E-state index contributed by atoms with van der Waals surface area (Å²) in [5.74, 6) is 1.12. The maximum absolute atomic E-state index is 6.20. The summed E-state index contributed by atoms with van der Waals surface area (Å²) >= 11 is 0. The van der Waals surface area contributed by atoms with Crippen molar-refractivity contribution in [3.8, 4) is 0 Å². The molecule has 0 saturated carbocycles. The zero-order valence-corrected chi connectivity index (χ0v) is 14.5. The largest absolute Gasteiger partial charge is 0.366 e. The molecule has 0 saturated heterocycles. The molecular weight excluding hydrogens is 286 g/mol. The zero-order chi connectivity index (χ0) is 16.2. The van der Waals surface area contributed by atoms with Crippen LogP contribution in [-0.2, 0) is 24.3 Å². The van der Waals surface area contributed by atoms with E-state index in [2.05, 4.69) is 54.8 Å². The van der Waals surface area contributed by atoms with E-state index in [0.29, 0.717) is 6.61 Å². The first-order chi connectivity index (χ1) is 11.1. The summed E-state index contributed by atoms with van der Waals surface area (Å²) in [4.78, 5) is 7.07. The Morgan fingerprint density at radius 1 is 1.26 bits per heavy atom. The summed E-state index contributed by atoms with van der Waals surface area (Å²) in [6.07, 6.45) is 3.40. The molecule has 1 aliphatic rings. The van der Waals surface area contributed by atoms with Crippen LogP contribution in [0.15, 0.2) is 30.3 Å². The van der Waals surface area contributed by atoms with Gasteiger partial charge < -0.3 is 14.2 Å². The molecule has 1 unspecified atom stereocenters. The van der Waals surface area contributed by atoms with Gasteiger partial charge in [-0.1, -0.05) is 30.3 Å². The van der Waals surface area contributed by atoms with E-state index in [1.165, 1.54) is 11.3 Å². The van der Waals surface area contributed by atoms with Gasteiger partial charge in [-0.25, -0.2) is 4.98 Å². The van der Waals surface area contributed by atoms with Gasteiger partial charge in [-0.05, 0) is 39.4 Å². The van der Waals surface area contributed by atoms with Crippen LogP contribution >= 0.6 is 0 Å². The van der Waals surface area contributed by atoms with Crippen molar-refractivity contribution in [3.63, 3.8) is 0 Å². The monoisotopic (exact) mass is 313 g/mol. The molecule has 0 N–H and O–H groups in total. The van der Waals surface area contributed by atoms with E-state index in [-0.39, 0.29) is 6.10 Å². The summed E-state index contributed by atoms with van der Waals surface area (Å²) in [6, 6.07) is 10.4. The number of aromatic nitrogens is 2. The van der Waals surface area contributed by atoms with Gasteiger partial charge in [0.15, 0.2) is 0 Å². The van der Waals surface area contributed by atoms with Gasteiger partial charge in [0, 0.05) is 25.2 Å². The molecule has 0 fully saturated rings. The molecule has 0 bridgehead atoms. The molecule has 2 aromatic rings. The summed E-state index contributed by atoms with van der Waals surface area (Å²) in [6.45, 7) is 4.92. The first kappa shape index (κ1) is 16.2. The fraction of sp³-hybridized carbons (Fsp3) is 0.526. The molecular formula is C19H27N3O. The molecule has 1 atom stereocenters. The average molecular weight is 313 g/mol. The van der Waals surface area contributed by atoms with Gasteiger partial charge in [0.05, 0.1) is 12.3 Å². The summed E-state index contributed by atoms with van der Waals surface area (Å²) in [5.41, 5.74) is 3.76.